The van der Waals surface area contributed by atoms with Gasteiger partial charge in [-0.3, -0.25) is 0 Å². The monoisotopic (exact) mass is 440 g/mol. The standard InChI is InChI=1S/C23H19Cl2FN4/c24-20-7-4-8-21(25)19(20)15-30-28-22(23(29-30)17-5-2-1-3-6-17)14-27-13-16-9-11-18(26)12-10-16/h1-12,27H,13-15H2. The summed E-state index contributed by atoms with van der Waals surface area (Å²) >= 11 is 12.6. The van der Waals surface area contributed by atoms with E-state index in [1.54, 1.807) is 29.1 Å². The van der Waals surface area contributed by atoms with Gasteiger partial charge >= 0.3 is 0 Å². The fourth-order valence-corrected chi connectivity index (χ4v) is 3.66. The maximum absolute atomic E-state index is 13.1. The van der Waals surface area contributed by atoms with E-state index in [9.17, 15) is 4.39 Å². The Bertz CT molecular complexity index is 1110. The highest BCUT2D eigenvalue weighted by atomic mass is 35.5. The number of rotatable bonds is 7. The normalized spacial score (nSPS) is 11.0. The van der Waals surface area contributed by atoms with E-state index in [1.165, 1.54) is 12.1 Å². The maximum atomic E-state index is 13.1. The van der Waals surface area contributed by atoms with Crippen LogP contribution in [-0.4, -0.2) is 15.0 Å². The topological polar surface area (TPSA) is 42.7 Å². The Hall–Kier alpha value is -2.73. The van der Waals surface area contributed by atoms with Gasteiger partial charge in [0.25, 0.3) is 0 Å². The molecule has 0 amide bonds. The smallest absolute Gasteiger partial charge is 0.123 e. The highest BCUT2D eigenvalue weighted by molar-refractivity contribution is 6.35. The van der Waals surface area contributed by atoms with Gasteiger partial charge in [-0.25, -0.2) is 4.39 Å². The van der Waals surface area contributed by atoms with Crippen LogP contribution in [0, 0.1) is 5.82 Å². The summed E-state index contributed by atoms with van der Waals surface area (Å²) in [5, 5.41) is 13.9. The van der Waals surface area contributed by atoms with Crippen molar-refractivity contribution in [2.24, 2.45) is 0 Å². The van der Waals surface area contributed by atoms with Crippen LogP contribution in [0.3, 0.4) is 0 Å². The lowest BCUT2D eigenvalue weighted by Gasteiger charge is -2.06. The Morgan fingerprint density at radius 2 is 1.50 bits per heavy atom. The number of nitrogens with zero attached hydrogens (tertiary/aromatic N) is 3. The van der Waals surface area contributed by atoms with Crippen LogP contribution in [-0.2, 0) is 19.6 Å². The van der Waals surface area contributed by atoms with Gasteiger partial charge in [-0.1, -0.05) is 71.7 Å². The molecule has 0 fully saturated rings. The molecule has 7 heteroatoms. The first-order valence-electron chi connectivity index (χ1n) is 9.47. The third-order valence-electron chi connectivity index (χ3n) is 4.67. The number of nitrogens with one attached hydrogen (secondary N) is 1. The van der Waals surface area contributed by atoms with Gasteiger partial charge in [-0.15, -0.1) is 0 Å². The molecule has 1 aromatic heterocycles. The summed E-state index contributed by atoms with van der Waals surface area (Å²) in [6.07, 6.45) is 0. The van der Waals surface area contributed by atoms with E-state index in [1.807, 2.05) is 36.4 Å². The minimum Gasteiger partial charge on any atom is -0.307 e. The molecule has 30 heavy (non-hydrogen) atoms. The summed E-state index contributed by atoms with van der Waals surface area (Å²) in [5.41, 5.74) is 4.36. The first-order chi connectivity index (χ1) is 14.6. The second kappa shape index (κ2) is 9.39. The van der Waals surface area contributed by atoms with Crippen LogP contribution in [0.4, 0.5) is 4.39 Å². The summed E-state index contributed by atoms with van der Waals surface area (Å²) in [6, 6.07) is 21.7. The molecule has 4 rings (SSSR count). The van der Waals surface area contributed by atoms with Gasteiger partial charge in [0, 0.05) is 34.3 Å². The minimum atomic E-state index is -0.244. The fourth-order valence-electron chi connectivity index (χ4n) is 3.14. The van der Waals surface area contributed by atoms with Gasteiger partial charge in [-0.05, 0) is 29.8 Å². The van der Waals surface area contributed by atoms with E-state index in [0.717, 1.165) is 28.1 Å². The number of aromatic nitrogens is 3. The van der Waals surface area contributed by atoms with Crippen molar-refractivity contribution < 1.29 is 4.39 Å². The zero-order valence-electron chi connectivity index (χ0n) is 16.0. The first-order valence-corrected chi connectivity index (χ1v) is 10.2. The molecule has 0 saturated carbocycles. The molecule has 1 heterocycles. The molecule has 1 N–H and O–H groups in total. The van der Waals surface area contributed by atoms with Crippen molar-refractivity contribution in [2.75, 3.05) is 0 Å². The van der Waals surface area contributed by atoms with Crippen LogP contribution in [0.15, 0.2) is 72.8 Å². The Morgan fingerprint density at radius 3 is 2.20 bits per heavy atom. The Kier molecular flexibility index (Phi) is 6.43. The van der Waals surface area contributed by atoms with Crippen LogP contribution in [0.5, 0.6) is 0 Å². The summed E-state index contributed by atoms with van der Waals surface area (Å²) < 4.78 is 13.1. The molecule has 0 spiro atoms. The number of hydrogen-bond donors (Lipinski definition) is 1. The lowest BCUT2D eigenvalue weighted by molar-refractivity contribution is 0.576. The lowest BCUT2D eigenvalue weighted by atomic mass is 10.1. The molecular formula is C23H19Cl2FN4. The third-order valence-corrected chi connectivity index (χ3v) is 5.38. The number of benzene rings is 3. The maximum Gasteiger partial charge on any atom is 0.123 e. The van der Waals surface area contributed by atoms with Gasteiger partial charge in [-0.2, -0.15) is 15.0 Å². The Labute approximate surface area is 184 Å². The second-order valence-electron chi connectivity index (χ2n) is 6.82. The molecule has 4 aromatic rings. The summed E-state index contributed by atoms with van der Waals surface area (Å²) in [7, 11) is 0. The molecule has 0 saturated heterocycles. The van der Waals surface area contributed by atoms with E-state index in [4.69, 9.17) is 28.3 Å². The van der Waals surface area contributed by atoms with Gasteiger partial charge in [0.15, 0.2) is 0 Å². The molecule has 0 unspecified atom stereocenters. The molecule has 0 atom stereocenters. The molecule has 0 bridgehead atoms. The minimum absolute atomic E-state index is 0.244. The molecule has 0 aliphatic heterocycles. The van der Waals surface area contributed by atoms with Crippen LogP contribution >= 0.6 is 23.2 Å². The predicted octanol–water partition coefficient (Wildman–Crippen LogP) is 5.73. The SMILES string of the molecule is Fc1ccc(CNCc2nn(Cc3c(Cl)cccc3Cl)nc2-c2ccccc2)cc1. The highest BCUT2D eigenvalue weighted by Gasteiger charge is 2.15. The van der Waals surface area contributed by atoms with E-state index in [2.05, 4.69) is 10.4 Å². The van der Waals surface area contributed by atoms with Crippen molar-refractivity contribution in [3.8, 4) is 11.3 Å². The molecule has 152 valence electrons. The van der Waals surface area contributed by atoms with Crippen molar-refractivity contribution in [3.05, 3.63) is 105 Å². The van der Waals surface area contributed by atoms with Crippen molar-refractivity contribution in [1.82, 2.24) is 20.3 Å². The van der Waals surface area contributed by atoms with E-state index >= 15 is 0 Å². The van der Waals surface area contributed by atoms with E-state index in [-0.39, 0.29) is 5.82 Å². The highest BCUT2D eigenvalue weighted by Crippen LogP contribution is 2.26. The van der Waals surface area contributed by atoms with Crippen LogP contribution in [0.1, 0.15) is 16.8 Å². The molecule has 0 aliphatic rings. The second-order valence-corrected chi connectivity index (χ2v) is 7.64. The predicted molar refractivity (Wildman–Crippen MR) is 118 cm³/mol. The van der Waals surface area contributed by atoms with Gasteiger partial charge in [0.1, 0.15) is 17.2 Å². The van der Waals surface area contributed by atoms with Crippen molar-refractivity contribution in [3.63, 3.8) is 0 Å². The van der Waals surface area contributed by atoms with Gasteiger partial charge in [0.05, 0.1) is 6.54 Å². The number of halogens is 3. The van der Waals surface area contributed by atoms with Crippen molar-refractivity contribution in [1.29, 1.82) is 0 Å². The third kappa shape index (κ3) is 4.87. The summed E-state index contributed by atoms with van der Waals surface area (Å²) in [5.74, 6) is -0.244. The van der Waals surface area contributed by atoms with E-state index < -0.39 is 0 Å². The Morgan fingerprint density at radius 1 is 0.800 bits per heavy atom. The van der Waals surface area contributed by atoms with Crippen LogP contribution in [0.25, 0.3) is 11.3 Å². The molecule has 0 radical (unpaired) electrons. The molecular weight excluding hydrogens is 422 g/mol. The molecule has 0 aliphatic carbocycles. The molecule has 4 nitrogen and oxygen atoms in total. The summed E-state index contributed by atoms with van der Waals surface area (Å²) in [6.45, 7) is 1.48. The zero-order chi connectivity index (χ0) is 20.9. The fraction of sp³-hybridized carbons (Fsp3) is 0.130. The van der Waals surface area contributed by atoms with Crippen molar-refractivity contribution in [2.45, 2.75) is 19.6 Å². The number of hydrogen-bond acceptors (Lipinski definition) is 3. The van der Waals surface area contributed by atoms with Gasteiger partial charge in [0.2, 0.25) is 0 Å². The van der Waals surface area contributed by atoms with Crippen LogP contribution < -0.4 is 5.32 Å². The summed E-state index contributed by atoms with van der Waals surface area (Å²) in [4.78, 5) is 1.62. The lowest BCUT2D eigenvalue weighted by Crippen LogP contribution is -2.14. The quantitative estimate of drug-likeness (QED) is 0.399. The van der Waals surface area contributed by atoms with E-state index in [0.29, 0.717) is 29.7 Å². The average molecular weight is 441 g/mol. The van der Waals surface area contributed by atoms with Crippen molar-refractivity contribution >= 4 is 23.2 Å². The molecule has 3 aromatic carbocycles. The zero-order valence-corrected chi connectivity index (χ0v) is 17.5. The first kappa shape index (κ1) is 20.5. The largest absolute Gasteiger partial charge is 0.307 e. The average Bonchev–Trinajstić information content (AvgIpc) is 3.16. The Balaban J connectivity index is 1.57. The van der Waals surface area contributed by atoms with Gasteiger partial charge < -0.3 is 5.32 Å². The van der Waals surface area contributed by atoms with Crippen LogP contribution in [0.2, 0.25) is 10.0 Å².